The Balaban J connectivity index is 2.16. The molecule has 1 aromatic rings. The van der Waals surface area contributed by atoms with Gasteiger partial charge in [-0.1, -0.05) is 19.1 Å². The van der Waals surface area contributed by atoms with Crippen molar-refractivity contribution in [2.24, 2.45) is 5.92 Å². The molecule has 2 rings (SSSR count). The number of carbonyl (C=O) groups excluding carboxylic acids is 1. The van der Waals surface area contributed by atoms with Crippen molar-refractivity contribution in [1.82, 2.24) is 4.90 Å². The van der Waals surface area contributed by atoms with Gasteiger partial charge in [0.05, 0.1) is 0 Å². The molecule has 1 aliphatic rings. The van der Waals surface area contributed by atoms with Crippen LogP contribution in [0.25, 0.3) is 0 Å². The summed E-state index contributed by atoms with van der Waals surface area (Å²) in [6.45, 7) is 6.26. The Kier molecular flexibility index (Phi) is 3.97. The average molecular weight is 276 g/mol. The summed E-state index contributed by atoms with van der Waals surface area (Å²) in [7, 11) is 0. The fourth-order valence-corrected chi connectivity index (χ4v) is 2.62. The number of carboxylic acids is 1. The highest BCUT2D eigenvalue weighted by Gasteiger charge is 2.39. The van der Waals surface area contributed by atoms with E-state index in [0.717, 1.165) is 23.2 Å². The number of amides is 2. The van der Waals surface area contributed by atoms with E-state index >= 15 is 0 Å². The molecule has 2 N–H and O–H groups in total. The van der Waals surface area contributed by atoms with Crippen LogP contribution in [0.2, 0.25) is 0 Å². The quantitative estimate of drug-likeness (QED) is 0.872. The predicted octanol–water partition coefficient (Wildman–Crippen LogP) is 2.63. The van der Waals surface area contributed by atoms with E-state index in [1.807, 2.05) is 39.0 Å². The van der Waals surface area contributed by atoms with Crippen LogP contribution in [-0.4, -0.2) is 34.6 Å². The molecule has 0 aliphatic carbocycles. The van der Waals surface area contributed by atoms with E-state index in [-0.39, 0.29) is 11.9 Å². The topological polar surface area (TPSA) is 69.6 Å². The first-order chi connectivity index (χ1) is 9.41. The molecule has 0 saturated carbocycles. The number of hydrogen-bond donors (Lipinski definition) is 2. The minimum atomic E-state index is -0.939. The number of rotatable bonds is 2. The number of aliphatic carboxylic acids is 1. The fourth-order valence-electron chi connectivity index (χ4n) is 2.62. The molecule has 2 unspecified atom stereocenters. The Morgan fingerprint density at radius 2 is 2.05 bits per heavy atom. The molecule has 20 heavy (non-hydrogen) atoms. The Labute approximate surface area is 118 Å². The van der Waals surface area contributed by atoms with Crippen LogP contribution < -0.4 is 5.32 Å². The van der Waals surface area contributed by atoms with Crippen LogP contribution >= 0.6 is 0 Å². The van der Waals surface area contributed by atoms with E-state index in [9.17, 15) is 14.7 Å². The van der Waals surface area contributed by atoms with E-state index in [4.69, 9.17) is 0 Å². The summed E-state index contributed by atoms with van der Waals surface area (Å²) in [5.41, 5.74) is 2.83. The van der Waals surface area contributed by atoms with Crippen molar-refractivity contribution >= 4 is 17.7 Å². The van der Waals surface area contributed by atoms with Crippen molar-refractivity contribution < 1.29 is 14.7 Å². The van der Waals surface area contributed by atoms with Crippen LogP contribution in [-0.2, 0) is 4.79 Å². The summed E-state index contributed by atoms with van der Waals surface area (Å²) in [4.78, 5) is 25.0. The third kappa shape index (κ3) is 2.61. The molecule has 5 nitrogen and oxygen atoms in total. The Hall–Kier alpha value is -2.04. The van der Waals surface area contributed by atoms with Gasteiger partial charge in [-0.25, -0.2) is 9.59 Å². The number of anilines is 1. The number of aryl methyl sites for hydroxylation is 1. The van der Waals surface area contributed by atoms with Gasteiger partial charge >= 0.3 is 12.0 Å². The minimum Gasteiger partial charge on any atom is -0.480 e. The number of carboxylic acid groups (broad SMARTS) is 1. The van der Waals surface area contributed by atoms with Gasteiger partial charge in [-0.15, -0.1) is 0 Å². The maximum atomic E-state index is 12.3. The second-order valence-corrected chi connectivity index (χ2v) is 5.42. The number of nitrogens with one attached hydrogen (secondary N) is 1. The lowest BCUT2D eigenvalue weighted by Gasteiger charge is -2.24. The SMILES string of the molecule is Cc1cccc(NC(=O)N2CCC(C)C2C(=O)O)c1C. The second kappa shape index (κ2) is 5.53. The summed E-state index contributed by atoms with van der Waals surface area (Å²) in [5.74, 6) is -0.956. The number of hydrogen-bond acceptors (Lipinski definition) is 2. The van der Waals surface area contributed by atoms with Gasteiger partial charge in [0, 0.05) is 12.2 Å². The Morgan fingerprint density at radius 3 is 2.70 bits per heavy atom. The number of nitrogens with zero attached hydrogens (tertiary/aromatic N) is 1. The highest BCUT2D eigenvalue weighted by atomic mass is 16.4. The summed E-state index contributed by atoms with van der Waals surface area (Å²) in [5, 5.41) is 12.1. The molecule has 1 heterocycles. The van der Waals surface area contributed by atoms with Crippen LogP contribution in [0.5, 0.6) is 0 Å². The number of carbonyl (C=O) groups is 2. The monoisotopic (exact) mass is 276 g/mol. The first-order valence-corrected chi connectivity index (χ1v) is 6.78. The molecule has 5 heteroatoms. The first kappa shape index (κ1) is 14.4. The smallest absolute Gasteiger partial charge is 0.326 e. The Morgan fingerprint density at radius 1 is 1.35 bits per heavy atom. The first-order valence-electron chi connectivity index (χ1n) is 6.78. The van der Waals surface area contributed by atoms with Gasteiger partial charge in [0.15, 0.2) is 0 Å². The van der Waals surface area contributed by atoms with E-state index in [2.05, 4.69) is 5.32 Å². The molecule has 0 aromatic heterocycles. The maximum absolute atomic E-state index is 12.3. The standard InChI is InChI=1S/C15H20N2O3/c1-9-5-4-6-12(11(9)3)16-15(20)17-8-7-10(2)13(17)14(18)19/h4-6,10,13H,7-8H2,1-3H3,(H,16,20)(H,18,19). The van der Waals surface area contributed by atoms with E-state index in [1.54, 1.807) is 0 Å². The summed E-state index contributed by atoms with van der Waals surface area (Å²) >= 11 is 0. The van der Waals surface area contributed by atoms with Crippen LogP contribution in [0.3, 0.4) is 0 Å². The number of urea groups is 1. The van der Waals surface area contributed by atoms with Gasteiger partial charge in [-0.05, 0) is 43.4 Å². The van der Waals surface area contributed by atoms with Gasteiger partial charge in [-0.2, -0.15) is 0 Å². The van der Waals surface area contributed by atoms with Crippen molar-refractivity contribution in [3.8, 4) is 0 Å². The van der Waals surface area contributed by atoms with Crippen molar-refractivity contribution in [3.05, 3.63) is 29.3 Å². The lowest BCUT2D eigenvalue weighted by molar-refractivity contribution is -0.142. The molecule has 2 amide bonds. The van der Waals surface area contributed by atoms with Crippen LogP contribution in [0.15, 0.2) is 18.2 Å². The largest absolute Gasteiger partial charge is 0.480 e. The van der Waals surface area contributed by atoms with Gasteiger partial charge in [0.25, 0.3) is 0 Å². The molecule has 1 aromatic carbocycles. The molecule has 0 spiro atoms. The average Bonchev–Trinajstić information content (AvgIpc) is 2.77. The second-order valence-electron chi connectivity index (χ2n) is 5.42. The predicted molar refractivity (Wildman–Crippen MR) is 76.8 cm³/mol. The van der Waals surface area contributed by atoms with Crippen LogP contribution in [0.1, 0.15) is 24.5 Å². The summed E-state index contributed by atoms with van der Waals surface area (Å²) < 4.78 is 0. The van der Waals surface area contributed by atoms with E-state index in [0.29, 0.717) is 6.54 Å². The van der Waals surface area contributed by atoms with Crippen molar-refractivity contribution in [3.63, 3.8) is 0 Å². The molecule has 1 saturated heterocycles. The fraction of sp³-hybridized carbons (Fsp3) is 0.467. The minimum absolute atomic E-state index is 0.0168. The zero-order chi connectivity index (χ0) is 14.9. The molecular weight excluding hydrogens is 256 g/mol. The summed E-state index contributed by atoms with van der Waals surface area (Å²) in [6.07, 6.45) is 0.719. The maximum Gasteiger partial charge on any atom is 0.326 e. The normalized spacial score (nSPS) is 21.9. The zero-order valence-corrected chi connectivity index (χ0v) is 12.0. The zero-order valence-electron chi connectivity index (χ0n) is 12.0. The lowest BCUT2D eigenvalue weighted by atomic mass is 10.0. The molecule has 0 bridgehead atoms. The molecular formula is C15H20N2O3. The van der Waals surface area contributed by atoms with Gasteiger partial charge in [0.1, 0.15) is 6.04 Å². The van der Waals surface area contributed by atoms with E-state index < -0.39 is 12.0 Å². The molecule has 2 atom stereocenters. The van der Waals surface area contributed by atoms with Crippen LogP contribution in [0.4, 0.5) is 10.5 Å². The van der Waals surface area contributed by atoms with E-state index in [1.165, 1.54) is 4.90 Å². The molecule has 1 aliphatic heterocycles. The third-order valence-electron chi connectivity index (χ3n) is 4.06. The molecule has 108 valence electrons. The van der Waals surface area contributed by atoms with Crippen molar-refractivity contribution in [2.75, 3.05) is 11.9 Å². The van der Waals surface area contributed by atoms with Crippen LogP contribution in [0, 0.1) is 19.8 Å². The van der Waals surface area contributed by atoms with Crippen molar-refractivity contribution in [2.45, 2.75) is 33.2 Å². The number of likely N-dealkylation sites (tertiary alicyclic amines) is 1. The number of benzene rings is 1. The highest BCUT2D eigenvalue weighted by Crippen LogP contribution is 2.26. The summed E-state index contributed by atoms with van der Waals surface area (Å²) in [6, 6.07) is 4.60. The van der Waals surface area contributed by atoms with Gasteiger partial charge in [0.2, 0.25) is 0 Å². The molecule has 0 radical (unpaired) electrons. The Bertz CT molecular complexity index is 542. The van der Waals surface area contributed by atoms with Crippen molar-refractivity contribution in [1.29, 1.82) is 0 Å². The molecule has 1 fully saturated rings. The van der Waals surface area contributed by atoms with Gasteiger partial charge in [-0.3, -0.25) is 0 Å². The lowest BCUT2D eigenvalue weighted by Crippen LogP contribution is -2.44. The highest BCUT2D eigenvalue weighted by molar-refractivity contribution is 5.93. The van der Waals surface area contributed by atoms with Gasteiger partial charge < -0.3 is 15.3 Å². The third-order valence-corrected chi connectivity index (χ3v) is 4.06.